The third kappa shape index (κ3) is 3.97. The third-order valence-electron chi connectivity index (χ3n) is 4.53. The van der Waals surface area contributed by atoms with Gasteiger partial charge in [0.05, 0.1) is 22.6 Å². The van der Waals surface area contributed by atoms with E-state index in [1.54, 1.807) is 10.9 Å². The van der Waals surface area contributed by atoms with Crippen LogP contribution >= 0.6 is 11.8 Å². The molecule has 8 heteroatoms. The molecule has 2 heterocycles. The van der Waals surface area contributed by atoms with Gasteiger partial charge in [-0.3, -0.25) is 9.78 Å². The molecule has 0 aliphatic carbocycles. The molecule has 1 N–H and O–H groups in total. The molecule has 1 amide bonds. The van der Waals surface area contributed by atoms with Crippen molar-refractivity contribution in [3.8, 4) is 5.69 Å². The lowest BCUT2D eigenvalue weighted by Crippen LogP contribution is -2.15. The highest BCUT2D eigenvalue weighted by atomic mass is 32.2. The molecule has 4 rings (SSSR count). The summed E-state index contributed by atoms with van der Waals surface area (Å²) in [5.74, 6) is 0.0492. The first kappa shape index (κ1) is 19.1. The second-order valence-electron chi connectivity index (χ2n) is 6.84. The number of carbonyl (C=O) groups excluding carboxylic acids is 1. The first-order valence-corrected chi connectivity index (χ1v) is 10.1. The van der Waals surface area contributed by atoms with Crippen molar-refractivity contribution in [2.45, 2.75) is 25.9 Å². The average Bonchev–Trinajstić information content (AvgIpc) is 3.14. The van der Waals surface area contributed by atoms with Crippen LogP contribution in [0.1, 0.15) is 16.7 Å². The minimum absolute atomic E-state index is 0.139. The Hall–Kier alpha value is -3.26. The van der Waals surface area contributed by atoms with Crippen LogP contribution in [0.15, 0.2) is 53.8 Å². The van der Waals surface area contributed by atoms with Crippen molar-refractivity contribution in [1.82, 2.24) is 25.2 Å². The minimum Gasteiger partial charge on any atom is -0.323 e. The van der Waals surface area contributed by atoms with E-state index >= 15 is 0 Å². The third-order valence-corrected chi connectivity index (χ3v) is 5.45. The summed E-state index contributed by atoms with van der Waals surface area (Å²) in [6, 6.07) is 13.7. The maximum Gasteiger partial charge on any atom is 0.234 e. The molecule has 0 saturated heterocycles. The number of aryl methyl sites for hydroxylation is 3. The minimum atomic E-state index is -0.139. The lowest BCUT2D eigenvalue weighted by molar-refractivity contribution is -0.113. The normalized spacial score (nSPS) is 11.0. The number of hydrogen-bond acceptors (Lipinski definition) is 6. The van der Waals surface area contributed by atoms with Gasteiger partial charge < -0.3 is 5.32 Å². The molecule has 0 aliphatic heterocycles. The van der Waals surface area contributed by atoms with Gasteiger partial charge in [0, 0.05) is 11.6 Å². The Kier molecular flexibility index (Phi) is 5.26. The van der Waals surface area contributed by atoms with Gasteiger partial charge in [-0.2, -0.15) is 4.68 Å². The fraction of sp³-hybridized carbons (Fsp3) is 0.190. The largest absolute Gasteiger partial charge is 0.323 e. The van der Waals surface area contributed by atoms with Gasteiger partial charge in [0.15, 0.2) is 0 Å². The van der Waals surface area contributed by atoms with Gasteiger partial charge in [-0.05, 0) is 54.5 Å². The molecule has 0 unspecified atom stereocenters. The number of thioether (sulfide) groups is 1. The lowest BCUT2D eigenvalue weighted by atomic mass is 10.1. The number of anilines is 1. The summed E-state index contributed by atoms with van der Waals surface area (Å²) in [6.07, 6.45) is 1.72. The quantitative estimate of drug-likeness (QED) is 0.508. The van der Waals surface area contributed by atoms with Crippen LogP contribution in [0.25, 0.3) is 16.6 Å². The molecule has 146 valence electrons. The maximum absolute atomic E-state index is 12.5. The number of benzene rings is 2. The summed E-state index contributed by atoms with van der Waals surface area (Å²) in [4.78, 5) is 16.9. The van der Waals surface area contributed by atoms with E-state index < -0.39 is 0 Å². The predicted molar refractivity (Wildman–Crippen MR) is 114 cm³/mol. The standard InChI is InChI=1S/C21H20N6OS/c1-13-10-14(2)20(15(3)11-13)27-21(24-25-26-27)29-12-18(28)23-17-8-4-6-16-7-5-9-22-19(16)17/h4-11H,12H2,1-3H3,(H,23,28). The Morgan fingerprint density at radius 3 is 2.66 bits per heavy atom. The number of hydrogen-bond donors (Lipinski definition) is 1. The highest BCUT2D eigenvalue weighted by molar-refractivity contribution is 7.99. The zero-order valence-corrected chi connectivity index (χ0v) is 17.2. The van der Waals surface area contributed by atoms with Gasteiger partial charge >= 0.3 is 0 Å². The Labute approximate surface area is 172 Å². The summed E-state index contributed by atoms with van der Waals surface area (Å²) in [5, 5.41) is 16.5. The second-order valence-corrected chi connectivity index (χ2v) is 7.78. The van der Waals surface area contributed by atoms with Crippen LogP contribution in [-0.4, -0.2) is 36.9 Å². The van der Waals surface area contributed by atoms with E-state index in [1.165, 1.54) is 17.3 Å². The van der Waals surface area contributed by atoms with Crippen molar-refractivity contribution >= 4 is 34.3 Å². The number of amides is 1. The predicted octanol–water partition coefficient (Wildman–Crippen LogP) is 3.87. The number of pyridine rings is 1. The van der Waals surface area contributed by atoms with Gasteiger partial charge in [-0.15, -0.1) is 5.10 Å². The monoisotopic (exact) mass is 404 g/mol. The first-order valence-electron chi connectivity index (χ1n) is 9.16. The van der Waals surface area contributed by atoms with Crippen molar-refractivity contribution in [1.29, 1.82) is 0 Å². The molecular formula is C21H20N6OS. The number of fused-ring (bicyclic) bond motifs is 1. The number of aromatic nitrogens is 5. The molecule has 29 heavy (non-hydrogen) atoms. The molecule has 0 bridgehead atoms. The fourth-order valence-electron chi connectivity index (χ4n) is 3.44. The molecular weight excluding hydrogens is 384 g/mol. The molecule has 4 aromatic rings. The Morgan fingerprint density at radius 2 is 1.86 bits per heavy atom. The van der Waals surface area contributed by atoms with Gasteiger partial charge in [0.1, 0.15) is 0 Å². The van der Waals surface area contributed by atoms with Gasteiger partial charge in [-0.25, -0.2) is 0 Å². The molecule has 0 saturated carbocycles. The van der Waals surface area contributed by atoms with Gasteiger partial charge in [-0.1, -0.05) is 47.7 Å². The van der Waals surface area contributed by atoms with Crippen LogP contribution in [0.2, 0.25) is 0 Å². The van der Waals surface area contributed by atoms with Crippen LogP contribution in [0.5, 0.6) is 0 Å². The molecule has 0 spiro atoms. The van der Waals surface area contributed by atoms with Crippen LogP contribution < -0.4 is 5.32 Å². The SMILES string of the molecule is Cc1cc(C)c(-n2nnnc2SCC(=O)Nc2cccc3cccnc23)c(C)c1. The number of para-hydroxylation sites is 1. The van der Waals surface area contributed by atoms with Crippen molar-refractivity contribution < 1.29 is 4.79 Å². The van der Waals surface area contributed by atoms with E-state index in [4.69, 9.17) is 0 Å². The molecule has 7 nitrogen and oxygen atoms in total. The zero-order valence-electron chi connectivity index (χ0n) is 16.4. The van der Waals surface area contributed by atoms with Crippen molar-refractivity contribution in [2.75, 3.05) is 11.1 Å². The van der Waals surface area contributed by atoms with Crippen molar-refractivity contribution in [3.05, 3.63) is 65.4 Å². The number of nitrogens with one attached hydrogen (secondary N) is 1. The summed E-state index contributed by atoms with van der Waals surface area (Å²) in [7, 11) is 0. The number of tetrazole rings is 1. The fourth-order valence-corrected chi connectivity index (χ4v) is 4.11. The second kappa shape index (κ2) is 8.00. The Bertz CT molecular complexity index is 1170. The van der Waals surface area contributed by atoms with Gasteiger partial charge in [0.2, 0.25) is 11.1 Å². The smallest absolute Gasteiger partial charge is 0.234 e. The van der Waals surface area contributed by atoms with Crippen LogP contribution in [0.3, 0.4) is 0 Å². The molecule has 0 atom stereocenters. The van der Waals surface area contributed by atoms with E-state index in [0.29, 0.717) is 10.8 Å². The van der Waals surface area contributed by atoms with E-state index in [-0.39, 0.29) is 11.7 Å². The number of rotatable bonds is 5. The Morgan fingerprint density at radius 1 is 1.10 bits per heavy atom. The molecule has 0 aliphatic rings. The summed E-state index contributed by atoms with van der Waals surface area (Å²) < 4.78 is 1.70. The van der Waals surface area contributed by atoms with E-state index in [0.717, 1.165) is 27.7 Å². The average molecular weight is 404 g/mol. The zero-order chi connectivity index (χ0) is 20.4. The highest BCUT2D eigenvalue weighted by Gasteiger charge is 2.16. The summed E-state index contributed by atoms with van der Waals surface area (Å²) >= 11 is 1.30. The Balaban J connectivity index is 1.51. The summed E-state index contributed by atoms with van der Waals surface area (Å²) in [5.41, 5.74) is 5.77. The van der Waals surface area contributed by atoms with Gasteiger partial charge in [0.25, 0.3) is 0 Å². The van der Waals surface area contributed by atoms with E-state index in [1.807, 2.05) is 44.2 Å². The maximum atomic E-state index is 12.5. The molecule has 2 aromatic carbocycles. The van der Waals surface area contributed by atoms with Crippen molar-refractivity contribution in [3.63, 3.8) is 0 Å². The van der Waals surface area contributed by atoms with Crippen LogP contribution in [0, 0.1) is 20.8 Å². The number of carbonyl (C=O) groups is 1. The topological polar surface area (TPSA) is 85.6 Å². The molecule has 0 radical (unpaired) electrons. The number of nitrogens with zero attached hydrogens (tertiary/aromatic N) is 5. The molecule has 0 fully saturated rings. The molecule has 2 aromatic heterocycles. The van der Waals surface area contributed by atoms with E-state index in [9.17, 15) is 4.79 Å². The van der Waals surface area contributed by atoms with E-state index in [2.05, 4.69) is 44.9 Å². The lowest BCUT2D eigenvalue weighted by Gasteiger charge is -2.12. The first-order chi connectivity index (χ1) is 14.0. The van der Waals surface area contributed by atoms with Crippen LogP contribution in [0.4, 0.5) is 5.69 Å². The highest BCUT2D eigenvalue weighted by Crippen LogP contribution is 2.25. The summed E-state index contributed by atoms with van der Waals surface area (Å²) in [6.45, 7) is 6.13. The van der Waals surface area contributed by atoms with Crippen LogP contribution in [-0.2, 0) is 4.79 Å². The van der Waals surface area contributed by atoms with Crippen molar-refractivity contribution in [2.24, 2.45) is 0 Å².